The molecule has 2 bridgehead atoms. The summed E-state index contributed by atoms with van der Waals surface area (Å²) in [5.74, 6) is -0.0377. The first-order valence-electron chi connectivity index (χ1n) is 6.86. The minimum absolute atomic E-state index is 0.0377. The third kappa shape index (κ3) is 3.21. The summed E-state index contributed by atoms with van der Waals surface area (Å²) in [7, 11) is 0. The van der Waals surface area contributed by atoms with E-state index in [9.17, 15) is 4.79 Å². The van der Waals surface area contributed by atoms with Crippen LogP contribution in [0.4, 0.5) is 0 Å². The molecule has 2 N–H and O–H groups in total. The molecule has 5 nitrogen and oxygen atoms in total. The summed E-state index contributed by atoms with van der Waals surface area (Å²) in [5, 5.41) is 14.7. The van der Waals surface area contributed by atoms with Crippen molar-refractivity contribution in [3.05, 3.63) is 0 Å². The summed E-state index contributed by atoms with van der Waals surface area (Å²) in [6.07, 6.45) is 4.85. The van der Waals surface area contributed by atoms with E-state index >= 15 is 0 Å². The summed E-state index contributed by atoms with van der Waals surface area (Å²) in [5.41, 5.74) is 0. The molecule has 0 aromatic heterocycles. The Kier molecular flexibility index (Phi) is 4.56. The molecular formula is C13H22N4O. The maximum Gasteiger partial charge on any atom is 0.235 e. The number of nitrogens with one attached hydrogen (secondary N) is 2. The van der Waals surface area contributed by atoms with Gasteiger partial charge in [-0.05, 0) is 32.2 Å². The van der Waals surface area contributed by atoms with Crippen molar-refractivity contribution in [2.24, 2.45) is 0 Å². The Morgan fingerprint density at radius 3 is 2.67 bits per heavy atom. The second kappa shape index (κ2) is 6.17. The fraction of sp³-hybridized carbons (Fsp3) is 0.846. The number of amides is 1. The molecule has 1 amide bonds. The van der Waals surface area contributed by atoms with Gasteiger partial charge in [0.1, 0.15) is 6.54 Å². The molecule has 2 rings (SSSR count). The van der Waals surface area contributed by atoms with Crippen LogP contribution >= 0.6 is 0 Å². The highest BCUT2D eigenvalue weighted by Crippen LogP contribution is 2.29. The zero-order chi connectivity index (χ0) is 13.0. The Hall–Kier alpha value is -1.12. The van der Waals surface area contributed by atoms with Crippen LogP contribution in [0.25, 0.3) is 0 Å². The maximum absolute atomic E-state index is 11.7. The second-order valence-electron chi connectivity index (χ2n) is 5.26. The first-order chi connectivity index (χ1) is 8.72. The van der Waals surface area contributed by atoms with E-state index in [0.29, 0.717) is 24.7 Å². The van der Waals surface area contributed by atoms with Crippen molar-refractivity contribution in [1.82, 2.24) is 15.5 Å². The lowest BCUT2D eigenvalue weighted by Crippen LogP contribution is -2.50. The fourth-order valence-electron chi connectivity index (χ4n) is 3.20. The summed E-state index contributed by atoms with van der Waals surface area (Å²) < 4.78 is 0. The van der Waals surface area contributed by atoms with Gasteiger partial charge in [0.05, 0.1) is 12.6 Å². The summed E-state index contributed by atoms with van der Waals surface area (Å²) in [4.78, 5) is 13.9. The molecule has 0 spiro atoms. The van der Waals surface area contributed by atoms with E-state index in [1.54, 1.807) is 0 Å². The predicted molar refractivity (Wildman–Crippen MR) is 68.8 cm³/mol. The Bertz CT molecular complexity index is 326. The number of nitrogens with zero attached hydrogens (tertiary/aromatic N) is 2. The Morgan fingerprint density at radius 1 is 1.44 bits per heavy atom. The van der Waals surface area contributed by atoms with Gasteiger partial charge in [0.15, 0.2) is 0 Å². The van der Waals surface area contributed by atoms with Gasteiger partial charge in [-0.2, -0.15) is 5.26 Å². The molecule has 0 radical (unpaired) electrons. The van der Waals surface area contributed by atoms with Crippen LogP contribution in [0, 0.1) is 11.3 Å². The molecule has 0 aliphatic carbocycles. The molecule has 2 saturated heterocycles. The summed E-state index contributed by atoms with van der Waals surface area (Å²) in [6, 6.07) is 3.74. The summed E-state index contributed by atoms with van der Waals surface area (Å²) >= 11 is 0. The van der Waals surface area contributed by atoms with Gasteiger partial charge in [-0.1, -0.05) is 6.92 Å². The number of carbonyl (C=O) groups excluding carboxylic acids is 1. The number of carbonyl (C=O) groups is 1. The van der Waals surface area contributed by atoms with Gasteiger partial charge in [0.25, 0.3) is 0 Å². The Labute approximate surface area is 109 Å². The molecule has 2 atom stereocenters. The number of nitriles is 1. The molecule has 0 saturated carbocycles. The molecule has 100 valence electrons. The second-order valence-corrected chi connectivity index (χ2v) is 5.26. The van der Waals surface area contributed by atoms with Gasteiger partial charge in [0.2, 0.25) is 5.91 Å². The number of likely N-dealkylation sites (N-methyl/N-ethyl adjacent to an activating group) is 1. The van der Waals surface area contributed by atoms with E-state index in [0.717, 1.165) is 19.4 Å². The van der Waals surface area contributed by atoms with E-state index in [1.165, 1.54) is 12.8 Å². The lowest BCUT2D eigenvalue weighted by molar-refractivity contribution is -0.122. The van der Waals surface area contributed by atoms with E-state index in [4.69, 9.17) is 5.26 Å². The first-order valence-corrected chi connectivity index (χ1v) is 6.86. The van der Waals surface area contributed by atoms with Crippen molar-refractivity contribution in [3.8, 4) is 6.07 Å². The predicted octanol–water partition coefficient (Wildman–Crippen LogP) is 0.231. The van der Waals surface area contributed by atoms with Crippen LogP contribution in [0.3, 0.4) is 0 Å². The molecule has 0 aromatic carbocycles. The van der Waals surface area contributed by atoms with Crippen LogP contribution in [0.5, 0.6) is 0 Å². The molecule has 2 heterocycles. The standard InChI is InChI=1S/C13H22N4O/c1-2-17(9-13(18)15-6-5-14)12-7-10-3-4-11(8-12)16-10/h10-12,16H,2-4,6-9H2,1H3,(H,15,18). The highest BCUT2D eigenvalue weighted by atomic mass is 16.2. The van der Waals surface area contributed by atoms with E-state index in [-0.39, 0.29) is 12.5 Å². The number of rotatable bonds is 5. The van der Waals surface area contributed by atoms with Gasteiger partial charge in [-0.15, -0.1) is 0 Å². The average molecular weight is 250 g/mol. The molecule has 2 fully saturated rings. The maximum atomic E-state index is 11.7. The Morgan fingerprint density at radius 2 is 2.11 bits per heavy atom. The van der Waals surface area contributed by atoms with Gasteiger partial charge in [-0.25, -0.2) is 0 Å². The first kappa shape index (κ1) is 13.3. The number of hydrogen-bond donors (Lipinski definition) is 2. The van der Waals surface area contributed by atoms with Crippen LogP contribution in [-0.4, -0.2) is 48.6 Å². The van der Waals surface area contributed by atoms with Gasteiger partial charge in [-0.3, -0.25) is 9.69 Å². The van der Waals surface area contributed by atoms with E-state index in [2.05, 4.69) is 22.5 Å². The molecule has 18 heavy (non-hydrogen) atoms. The SMILES string of the molecule is CCN(CC(=O)NCC#N)C1CC2CCC(C1)N2. The van der Waals surface area contributed by atoms with Crippen LogP contribution in [0.15, 0.2) is 0 Å². The molecule has 5 heteroatoms. The number of hydrogen-bond acceptors (Lipinski definition) is 4. The normalized spacial score (nSPS) is 30.2. The monoisotopic (exact) mass is 250 g/mol. The molecule has 2 aliphatic heterocycles. The van der Waals surface area contributed by atoms with Crippen LogP contribution in [0.1, 0.15) is 32.6 Å². The van der Waals surface area contributed by atoms with Crippen LogP contribution in [0.2, 0.25) is 0 Å². The van der Waals surface area contributed by atoms with Crippen molar-refractivity contribution < 1.29 is 4.79 Å². The van der Waals surface area contributed by atoms with Gasteiger partial charge >= 0.3 is 0 Å². The highest BCUT2D eigenvalue weighted by molar-refractivity contribution is 5.78. The topological polar surface area (TPSA) is 68.2 Å². The van der Waals surface area contributed by atoms with Gasteiger partial charge in [0, 0.05) is 18.1 Å². The largest absolute Gasteiger partial charge is 0.342 e. The van der Waals surface area contributed by atoms with Crippen LogP contribution in [-0.2, 0) is 4.79 Å². The van der Waals surface area contributed by atoms with Crippen molar-refractivity contribution in [2.75, 3.05) is 19.6 Å². The average Bonchev–Trinajstić information content (AvgIpc) is 2.72. The fourth-order valence-corrected chi connectivity index (χ4v) is 3.20. The van der Waals surface area contributed by atoms with Crippen molar-refractivity contribution in [3.63, 3.8) is 0 Å². The molecule has 2 aliphatic rings. The quantitative estimate of drug-likeness (QED) is 0.685. The Balaban J connectivity index is 1.85. The molecule has 0 aromatic rings. The minimum Gasteiger partial charge on any atom is -0.342 e. The molecular weight excluding hydrogens is 228 g/mol. The molecule has 2 unspecified atom stereocenters. The van der Waals surface area contributed by atoms with E-state index < -0.39 is 0 Å². The third-order valence-corrected chi connectivity index (χ3v) is 4.08. The van der Waals surface area contributed by atoms with E-state index in [1.807, 2.05) is 6.07 Å². The zero-order valence-electron chi connectivity index (χ0n) is 11.0. The smallest absolute Gasteiger partial charge is 0.235 e. The minimum atomic E-state index is -0.0377. The van der Waals surface area contributed by atoms with Crippen molar-refractivity contribution in [2.45, 2.75) is 50.7 Å². The summed E-state index contributed by atoms with van der Waals surface area (Å²) in [6.45, 7) is 3.52. The van der Waals surface area contributed by atoms with Gasteiger partial charge < -0.3 is 10.6 Å². The van der Waals surface area contributed by atoms with Crippen molar-refractivity contribution >= 4 is 5.91 Å². The van der Waals surface area contributed by atoms with Crippen LogP contribution < -0.4 is 10.6 Å². The highest BCUT2D eigenvalue weighted by Gasteiger charge is 2.35. The lowest BCUT2D eigenvalue weighted by atomic mass is 9.98. The number of piperidine rings is 1. The zero-order valence-corrected chi connectivity index (χ0v) is 11.0. The third-order valence-electron chi connectivity index (χ3n) is 4.08. The number of fused-ring (bicyclic) bond motifs is 2. The van der Waals surface area contributed by atoms with Crippen molar-refractivity contribution in [1.29, 1.82) is 5.26 Å². The lowest BCUT2D eigenvalue weighted by Gasteiger charge is -2.36.